The number of nitrogens with two attached hydrogens (primary N) is 1. The molecule has 0 heterocycles. The Balaban J connectivity index is 2.83. The Morgan fingerprint density at radius 2 is 1.69 bits per heavy atom. The van der Waals surface area contributed by atoms with Crippen molar-refractivity contribution < 1.29 is 5.11 Å². The van der Waals surface area contributed by atoms with Crippen molar-refractivity contribution in [3.05, 3.63) is 35.9 Å². The lowest BCUT2D eigenvalue weighted by Gasteiger charge is -2.29. The van der Waals surface area contributed by atoms with Gasteiger partial charge in [0.1, 0.15) is 0 Å². The highest BCUT2D eigenvalue weighted by Gasteiger charge is 2.26. The largest absolute Gasteiger partial charge is 0.392 e. The van der Waals surface area contributed by atoms with Crippen molar-refractivity contribution >= 4 is 0 Å². The molecule has 3 unspecified atom stereocenters. The fourth-order valence-electron chi connectivity index (χ4n) is 1.93. The van der Waals surface area contributed by atoms with Gasteiger partial charge < -0.3 is 10.8 Å². The van der Waals surface area contributed by atoms with E-state index in [4.69, 9.17) is 5.73 Å². The summed E-state index contributed by atoms with van der Waals surface area (Å²) in [5, 5.41) is 10.3. The summed E-state index contributed by atoms with van der Waals surface area (Å²) >= 11 is 0. The Bertz CT molecular complexity index is 297. The Hall–Kier alpha value is -0.860. The van der Waals surface area contributed by atoms with Crippen molar-refractivity contribution in [1.29, 1.82) is 0 Å². The van der Waals surface area contributed by atoms with E-state index < -0.39 is 0 Å². The third kappa shape index (κ3) is 3.06. The van der Waals surface area contributed by atoms with Gasteiger partial charge in [-0.2, -0.15) is 0 Å². The van der Waals surface area contributed by atoms with Crippen LogP contribution in [0.2, 0.25) is 0 Å². The van der Waals surface area contributed by atoms with Gasteiger partial charge in [0, 0.05) is 12.5 Å². The van der Waals surface area contributed by atoms with Crippen molar-refractivity contribution in [3.63, 3.8) is 0 Å². The zero-order valence-electron chi connectivity index (χ0n) is 10.4. The van der Waals surface area contributed by atoms with Crippen molar-refractivity contribution in [2.45, 2.75) is 32.8 Å². The van der Waals surface area contributed by atoms with E-state index in [1.807, 2.05) is 30.3 Å². The maximum absolute atomic E-state index is 10.3. The molecule has 3 atom stereocenters. The van der Waals surface area contributed by atoms with Crippen LogP contribution < -0.4 is 5.73 Å². The molecule has 90 valence electrons. The molecular weight excluding hydrogens is 198 g/mol. The second-order valence-corrected chi connectivity index (χ2v) is 4.85. The van der Waals surface area contributed by atoms with Gasteiger partial charge in [-0.05, 0) is 17.4 Å². The SMILES string of the molecule is CC(C)C(C)C(O)C(CN)c1ccccc1. The second-order valence-electron chi connectivity index (χ2n) is 4.85. The smallest absolute Gasteiger partial charge is 0.0648 e. The van der Waals surface area contributed by atoms with Gasteiger partial charge in [-0.1, -0.05) is 51.1 Å². The summed E-state index contributed by atoms with van der Waals surface area (Å²) in [6.07, 6.45) is -0.368. The predicted octanol–water partition coefficient (Wildman–Crippen LogP) is 2.38. The first-order valence-corrected chi connectivity index (χ1v) is 6.01. The van der Waals surface area contributed by atoms with Crippen molar-refractivity contribution in [3.8, 4) is 0 Å². The van der Waals surface area contributed by atoms with Gasteiger partial charge in [0.05, 0.1) is 6.10 Å². The molecule has 1 aromatic carbocycles. The Morgan fingerprint density at radius 3 is 2.12 bits per heavy atom. The van der Waals surface area contributed by atoms with Crippen LogP contribution in [0.3, 0.4) is 0 Å². The van der Waals surface area contributed by atoms with E-state index in [1.54, 1.807) is 0 Å². The summed E-state index contributed by atoms with van der Waals surface area (Å²) in [7, 11) is 0. The van der Waals surface area contributed by atoms with Crippen LogP contribution in [-0.4, -0.2) is 17.8 Å². The van der Waals surface area contributed by atoms with Crippen molar-refractivity contribution in [2.24, 2.45) is 17.6 Å². The summed E-state index contributed by atoms with van der Waals surface area (Å²) in [6, 6.07) is 10.0. The zero-order chi connectivity index (χ0) is 12.1. The molecule has 0 fully saturated rings. The summed E-state index contributed by atoms with van der Waals surface area (Å²) in [4.78, 5) is 0. The number of hydrogen-bond donors (Lipinski definition) is 2. The predicted molar refractivity (Wildman–Crippen MR) is 68.2 cm³/mol. The van der Waals surface area contributed by atoms with Gasteiger partial charge in [-0.25, -0.2) is 0 Å². The summed E-state index contributed by atoms with van der Waals surface area (Å²) in [5.74, 6) is 0.764. The molecular formula is C14H23NO. The van der Waals surface area contributed by atoms with Crippen LogP contribution in [-0.2, 0) is 0 Å². The first-order valence-electron chi connectivity index (χ1n) is 6.01. The van der Waals surface area contributed by atoms with Crippen LogP contribution in [0, 0.1) is 11.8 Å². The lowest BCUT2D eigenvalue weighted by atomic mass is 9.81. The van der Waals surface area contributed by atoms with Crippen LogP contribution >= 0.6 is 0 Å². The minimum atomic E-state index is -0.368. The molecule has 0 aliphatic heterocycles. The van der Waals surface area contributed by atoms with Crippen LogP contribution in [0.15, 0.2) is 30.3 Å². The van der Waals surface area contributed by atoms with Crippen molar-refractivity contribution in [1.82, 2.24) is 0 Å². The molecule has 0 aromatic heterocycles. The summed E-state index contributed by atoms with van der Waals surface area (Å²) in [5.41, 5.74) is 6.91. The Kier molecular flexibility index (Phi) is 4.97. The van der Waals surface area contributed by atoms with Crippen LogP contribution in [0.1, 0.15) is 32.3 Å². The summed E-state index contributed by atoms with van der Waals surface area (Å²) < 4.78 is 0. The fourth-order valence-corrected chi connectivity index (χ4v) is 1.93. The first-order chi connectivity index (χ1) is 7.57. The maximum Gasteiger partial charge on any atom is 0.0648 e. The molecule has 0 spiro atoms. The molecule has 0 saturated carbocycles. The fraction of sp³-hybridized carbons (Fsp3) is 0.571. The average Bonchev–Trinajstić information content (AvgIpc) is 2.30. The van der Waals surface area contributed by atoms with Gasteiger partial charge in [0.2, 0.25) is 0 Å². The number of aliphatic hydroxyl groups excluding tert-OH is 1. The van der Waals surface area contributed by atoms with Crippen LogP contribution in [0.5, 0.6) is 0 Å². The summed E-state index contributed by atoms with van der Waals surface area (Å²) in [6.45, 7) is 6.84. The molecule has 16 heavy (non-hydrogen) atoms. The number of hydrogen-bond acceptors (Lipinski definition) is 2. The molecule has 0 radical (unpaired) electrons. The topological polar surface area (TPSA) is 46.2 Å². The molecule has 0 bridgehead atoms. The lowest BCUT2D eigenvalue weighted by Crippen LogP contribution is -2.33. The van der Waals surface area contributed by atoms with Gasteiger partial charge in [-0.3, -0.25) is 0 Å². The van der Waals surface area contributed by atoms with E-state index in [-0.39, 0.29) is 17.9 Å². The quantitative estimate of drug-likeness (QED) is 0.802. The number of aliphatic hydroxyl groups is 1. The Morgan fingerprint density at radius 1 is 1.12 bits per heavy atom. The average molecular weight is 221 g/mol. The Labute approximate surface area is 98.5 Å². The molecule has 3 N–H and O–H groups in total. The molecule has 2 nitrogen and oxygen atoms in total. The minimum absolute atomic E-state index is 0.0404. The highest BCUT2D eigenvalue weighted by Crippen LogP contribution is 2.27. The molecule has 1 aromatic rings. The van der Waals surface area contributed by atoms with E-state index >= 15 is 0 Å². The van der Waals surface area contributed by atoms with E-state index in [0.717, 1.165) is 5.56 Å². The monoisotopic (exact) mass is 221 g/mol. The number of rotatable bonds is 5. The molecule has 0 aliphatic carbocycles. The van der Waals surface area contributed by atoms with E-state index in [0.29, 0.717) is 12.5 Å². The van der Waals surface area contributed by atoms with Crippen molar-refractivity contribution in [2.75, 3.05) is 6.54 Å². The highest BCUT2D eigenvalue weighted by atomic mass is 16.3. The molecule has 1 rings (SSSR count). The molecule has 0 amide bonds. The molecule has 0 aliphatic rings. The van der Waals surface area contributed by atoms with E-state index in [9.17, 15) is 5.11 Å². The zero-order valence-corrected chi connectivity index (χ0v) is 10.4. The molecule has 2 heteroatoms. The van der Waals surface area contributed by atoms with Gasteiger partial charge in [0.25, 0.3) is 0 Å². The lowest BCUT2D eigenvalue weighted by molar-refractivity contribution is 0.0684. The normalized spacial score (nSPS) is 17.1. The highest BCUT2D eigenvalue weighted by molar-refractivity contribution is 5.21. The maximum atomic E-state index is 10.3. The van der Waals surface area contributed by atoms with Gasteiger partial charge in [-0.15, -0.1) is 0 Å². The third-order valence-corrected chi connectivity index (χ3v) is 3.48. The van der Waals surface area contributed by atoms with Gasteiger partial charge in [0.15, 0.2) is 0 Å². The van der Waals surface area contributed by atoms with E-state index in [2.05, 4.69) is 20.8 Å². The standard InChI is InChI=1S/C14H23NO/c1-10(2)11(3)14(16)13(9-15)12-7-5-4-6-8-12/h4-8,10-11,13-14,16H,9,15H2,1-3H3. The van der Waals surface area contributed by atoms with E-state index in [1.165, 1.54) is 0 Å². The van der Waals surface area contributed by atoms with Gasteiger partial charge >= 0.3 is 0 Å². The second kappa shape index (κ2) is 6.02. The van der Waals surface area contributed by atoms with Crippen LogP contribution in [0.4, 0.5) is 0 Å². The molecule has 0 saturated heterocycles. The number of benzene rings is 1. The van der Waals surface area contributed by atoms with Crippen LogP contribution in [0.25, 0.3) is 0 Å². The first kappa shape index (κ1) is 13.2. The minimum Gasteiger partial charge on any atom is -0.392 e. The third-order valence-electron chi connectivity index (χ3n) is 3.48.